The average molecular weight is 536 g/mol. The van der Waals surface area contributed by atoms with E-state index in [1.165, 1.54) is 36.4 Å². The van der Waals surface area contributed by atoms with Gasteiger partial charge in [-0.1, -0.05) is 32.0 Å². The van der Waals surface area contributed by atoms with Gasteiger partial charge in [0.1, 0.15) is 28.7 Å². The normalized spacial score (nSPS) is 12.8. The molecule has 0 unspecified atom stereocenters. The van der Waals surface area contributed by atoms with Gasteiger partial charge in [-0.2, -0.15) is 13.2 Å². The number of halogens is 3. The molecule has 0 aliphatic heterocycles. The lowest BCUT2D eigenvalue weighted by molar-refractivity contribution is -0.154. The number of benzene rings is 2. The third kappa shape index (κ3) is 7.50. The minimum Gasteiger partial charge on any atom is -0.449 e. The number of carbonyl (C=O) groups is 2. The van der Waals surface area contributed by atoms with Crippen LogP contribution in [0.4, 0.5) is 18.0 Å². The van der Waals surface area contributed by atoms with Crippen molar-refractivity contribution in [2.45, 2.75) is 58.9 Å². The van der Waals surface area contributed by atoms with Crippen molar-refractivity contribution < 1.29 is 41.4 Å². The van der Waals surface area contributed by atoms with Crippen LogP contribution in [0.1, 0.15) is 46.8 Å². The first-order valence-electron chi connectivity index (χ1n) is 11.8. The summed E-state index contributed by atoms with van der Waals surface area (Å²) in [5, 5.41) is 2.24. The number of esters is 1. The second-order valence-corrected chi connectivity index (χ2v) is 9.91. The van der Waals surface area contributed by atoms with Gasteiger partial charge in [0.05, 0.1) is 5.39 Å². The first-order chi connectivity index (χ1) is 17.6. The topological polar surface area (TPSA) is 104 Å². The van der Waals surface area contributed by atoms with Gasteiger partial charge in [-0.3, -0.25) is 4.79 Å². The van der Waals surface area contributed by atoms with Crippen molar-refractivity contribution in [3.8, 4) is 17.2 Å². The van der Waals surface area contributed by atoms with Gasteiger partial charge in [0.15, 0.2) is 0 Å². The van der Waals surface area contributed by atoms with Gasteiger partial charge in [0.2, 0.25) is 11.2 Å². The number of hydrogen-bond donors (Lipinski definition) is 1. The lowest BCUT2D eigenvalue weighted by Crippen LogP contribution is -2.45. The van der Waals surface area contributed by atoms with Crippen LogP contribution < -0.4 is 20.2 Å². The van der Waals surface area contributed by atoms with Crippen LogP contribution in [0, 0.1) is 5.92 Å². The van der Waals surface area contributed by atoms with Gasteiger partial charge in [0.25, 0.3) is 5.76 Å². The molecular weight excluding hydrogens is 507 g/mol. The maximum atomic E-state index is 13.8. The number of amides is 1. The number of hydrogen-bond acceptors (Lipinski definition) is 7. The van der Waals surface area contributed by atoms with E-state index in [2.05, 4.69) is 5.32 Å². The van der Waals surface area contributed by atoms with Crippen LogP contribution in [-0.4, -0.2) is 23.7 Å². The lowest BCUT2D eigenvalue weighted by atomic mass is 10.0. The van der Waals surface area contributed by atoms with E-state index >= 15 is 0 Å². The number of carbonyl (C=O) groups excluding carboxylic acids is 2. The number of alkyl carbamates (subject to hydrolysis) is 1. The van der Waals surface area contributed by atoms with E-state index in [4.69, 9.17) is 18.6 Å². The van der Waals surface area contributed by atoms with Crippen molar-refractivity contribution >= 4 is 23.0 Å². The van der Waals surface area contributed by atoms with Crippen LogP contribution in [0.3, 0.4) is 0 Å². The van der Waals surface area contributed by atoms with Gasteiger partial charge in [-0.05, 0) is 57.4 Å². The van der Waals surface area contributed by atoms with Crippen LogP contribution in [-0.2, 0) is 15.7 Å². The van der Waals surface area contributed by atoms with Crippen molar-refractivity contribution in [1.82, 2.24) is 5.32 Å². The number of ether oxygens (including phenoxy) is 3. The molecule has 1 atom stereocenters. The summed E-state index contributed by atoms with van der Waals surface area (Å²) in [6, 6.07) is 9.80. The molecule has 0 spiro atoms. The molecule has 1 N–H and O–H groups in total. The Balaban J connectivity index is 1.94. The van der Waals surface area contributed by atoms with Gasteiger partial charge in [-0.15, -0.1) is 0 Å². The van der Waals surface area contributed by atoms with Gasteiger partial charge < -0.3 is 23.9 Å². The first kappa shape index (κ1) is 28.5. The minimum atomic E-state index is -5.05. The Bertz CT molecular complexity index is 1360. The van der Waals surface area contributed by atoms with Crippen molar-refractivity contribution in [2.75, 3.05) is 0 Å². The van der Waals surface area contributed by atoms with E-state index in [1.54, 1.807) is 26.8 Å². The van der Waals surface area contributed by atoms with Crippen LogP contribution in [0.5, 0.6) is 17.2 Å². The maximum absolute atomic E-state index is 13.8. The number of alkyl halides is 3. The zero-order valence-corrected chi connectivity index (χ0v) is 21.5. The molecule has 0 bridgehead atoms. The average Bonchev–Trinajstić information content (AvgIpc) is 2.78. The largest absolute Gasteiger partial charge is 0.453 e. The van der Waals surface area contributed by atoms with E-state index in [-0.39, 0.29) is 29.2 Å². The van der Waals surface area contributed by atoms with Crippen LogP contribution in [0.15, 0.2) is 57.7 Å². The summed E-state index contributed by atoms with van der Waals surface area (Å²) in [4.78, 5) is 38.0. The highest BCUT2D eigenvalue weighted by atomic mass is 19.4. The molecule has 0 saturated carbocycles. The van der Waals surface area contributed by atoms with Crippen molar-refractivity contribution in [1.29, 1.82) is 0 Å². The van der Waals surface area contributed by atoms with Crippen molar-refractivity contribution in [3.05, 3.63) is 64.5 Å². The summed E-state index contributed by atoms with van der Waals surface area (Å²) in [5.41, 5.74) is -2.32. The highest BCUT2D eigenvalue weighted by molar-refractivity contribution is 5.85. The molecule has 1 heterocycles. The third-order valence-electron chi connectivity index (χ3n) is 4.94. The molecule has 0 aliphatic carbocycles. The predicted molar refractivity (Wildman–Crippen MR) is 132 cm³/mol. The monoisotopic (exact) mass is 535 g/mol. The third-order valence-corrected chi connectivity index (χ3v) is 4.94. The second kappa shape index (κ2) is 11.2. The number of para-hydroxylation sites is 1. The fraction of sp³-hybridized carbons (Fsp3) is 0.370. The fourth-order valence-electron chi connectivity index (χ4n) is 3.43. The summed E-state index contributed by atoms with van der Waals surface area (Å²) >= 11 is 0. The molecule has 0 saturated heterocycles. The molecule has 11 heteroatoms. The van der Waals surface area contributed by atoms with E-state index in [9.17, 15) is 27.6 Å². The molecule has 8 nitrogen and oxygen atoms in total. The van der Waals surface area contributed by atoms with Crippen LogP contribution >= 0.6 is 0 Å². The van der Waals surface area contributed by atoms with E-state index in [0.29, 0.717) is 0 Å². The van der Waals surface area contributed by atoms with Crippen molar-refractivity contribution in [2.24, 2.45) is 5.92 Å². The van der Waals surface area contributed by atoms with E-state index < -0.39 is 52.4 Å². The first-order valence-corrected chi connectivity index (χ1v) is 11.8. The highest BCUT2D eigenvalue weighted by Gasteiger charge is 2.40. The molecule has 3 aromatic rings. The van der Waals surface area contributed by atoms with Crippen molar-refractivity contribution in [3.63, 3.8) is 0 Å². The van der Waals surface area contributed by atoms with Gasteiger partial charge >= 0.3 is 18.2 Å². The summed E-state index contributed by atoms with van der Waals surface area (Å²) in [6.07, 6.45) is -5.67. The molecule has 1 amide bonds. The Morgan fingerprint density at radius 1 is 1.00 bits per heavy atom. The number of rotatable bonds is 7. The van der Waals surface area contributed by atoms with Gasteiger partial charge in [-0.25, -0.2) is 9.59 Å². The standard InChI is InChI=1S/C27H28F3NO7/c1-15(2)13-19(31-25(34)38-26(3,4)5)24(33)36-17-11-12-18-20(14-17)37-23(27(28,29)30)22(21(18)32)35-16-9-7-6-8-10-16/h6-12,14-15,19H,13H2,1-5H3,(H,31,34)/t19-/m0/s1. The number of fused-ring (bicyclic) bond motifs is 1. The molecule has 0 fully saturated rings. The fourth-order valence-corrected chi connectivity index (χ4v) is 3.43. The zero-order chi connectivity index (χ0) is 28.3. The Kier molecular flexibility index (Phi) is 8.38. The quantitative estimate of drug-likeness (QED) is 0.274. The zero-order valence-electron chi connectivity index (χ0n) is 21.5. The highest BCUT2D eigenvalue weighted by Crippen LogP contribution is 2.38. The summed E-state index contributed by atoms with van der Waals surface area (Å²) in [7, 11) is 0. The van der Waals surface area contributed by atoms with Crippen LogP contribution in [0.25, 0.3) is 11.0 Å². The molecule has 0 radical (unpaired) electrons. The Morgan fingerprint density at radius 2 is 1.66 bits per heavy atom. The number of nitrogens with one attached hydrogen (secondary N) is 1. The molecular formula is C27H28F3NO7. The lowest BCUT2D eigenvalue weighted by Gasteiger charge is -2.23. The Labute approximate surface area is 216 Å². The van der Waals surface area contributed by atoms with E-state index in [0.717, 1.165) is 6.07 Å². The summed E-state index contributed by atoms with van der Waals surface area (Å²) in [5.74, 6) is -3.70. The van der Waals surface area contributed by atoms with Crippen LogP contribution in [0.2, 0.25) is 0 Å². The van der Waals surface area contributed by atoms with E-state index in [1.807, 2.05) is 13.8 Å². The maximum Gasteiger partial charge on any atom is 0.453 e. The predicted octanol–water partition coefficient (Wildman–Crippen LogP) is 6.45. The minimum absolute atomic E-state index is 0.0175. The summed E-state index contributed by atoms with van der Waals surface area (Å²) in [6.45, 7) is 8.65. The molecule has 3 rings (SSSR count). The Hall–Kier alpha value is -4.02. The molecule has 204 valence electrons. The Morgan fingerprint density at radius 3 is 2.24 bits per heavy atom. The second-order valence-electron chi connectivity index (χ2n) is 9.91. The molecule has 1 aromatic heterocycles. The summed E-state index contributed by atoms with van der Waals surface area (Å²) < 4.78 is 62.2. The van der Waals surface area contributed by atoms with Gasteiger partial charge in [0, 0.05) is 6.07 Å². The molecule has 38 heavy (non-hydrogen) atoms. The smallest absolute Gasteiger partial charge is 0.449 e. The SMILES string of the molecule is CC(C)C[C@H](NC(=O)OC(C)(C)C)C(=O)Oc1ccc2c(=O)c(Oc3ccccc3)c(C(F)(F)F)oc2c1. The molecule has 2 aromatic carbocycles. The molecule has 0 aliphatic rings.